The molecule has 0 saturated heterocycles. The van der Waals surface area contributed by atoms with Gasteiger partial charge in [-0.1, -0.05) is 13.8 Å². The van der Waals surface area contributed by atoms with Crippen molar-refractivity contribution in [2.24, 2.45) is 5.92 Å². The lowest BCUT2D eigenvalue weighted by Gasteiger charge is -2.28. The van der Waals surface area contributed by atoms with E-state index in [4.69, 9.17) is 9.47 Å². The third kappa shape index (κ3) is 8.86. The molecular weight excluding hydrogens is 230 g/mol. The van der Waals surface area contributed by atoms with Gasteiger partial charge in [0, 0.05) is 19.7 Å². The highest BCUT2D eigenvalue weighted by molar-refractivity contribution is 4.69. The van der Waals surface area contributed by atoms with Crippen molar-refractivity contribution < 1.29 is 14.6 Å². The second kappa shape index (κ2) is 9.73. The molecule has 0 rings (SSSR count). The highest BCUT2D eigenvalue weighted by atomic mass is 16.5. The van der Waals surface area contributed by atoms with Gasteiger partial charge in [-0.2, -0.15) is 0 Å². The molecule has 0 saturated carbocycles. The highest BCUT2D eigenvalue weighted by Gasteiger charge is 2.15. The van der Waals surface area contributed by atoms with E-state index in [1.165, 1.54) is 0 Å². The minimum atomic E-state index is -0.441. The van der Waals surface area contributed by atoms with Crippen molar-refractivity contribution in [1.82, 2.24) is 4.90 Å². The molecule has 0 fully saturated rings. The summed E-state index contributed by atoms with van der Waals surface area (Å²) in [5.41, 5.74) is 0. The van der Waals surface area contributed by atoms with E-state index < -0.39 is 6.10 Å². The summed E-state index contributed by atoms with van der Waals surface area (Å²) in [6.07, 6.45) is 0.733. The van der Waals surface area contributed by atoms with Crippen molar-refractivity contribution >= 4 is 0 Å². The van der Waals surface area contributed by atoms with Crippen molar-refractivity contribution in [1.29, 1.82) is 0 Å². The summed E-state index contributed by atoms with van der Waals surface area (Å²) >= 11 is 0. The zero-order valence-corrected chi connectivity index (χ0v) is 12.8. The van der Waals surface area contributed by atoms with E-state index in [1.807, 2.05) is 6.92 Å². The van der Waals surface area contributed by atoms with Crippen molar-refractivity contribution in [3.8, 4) is 0 Å². The van der Waals surface area contributed by atoms with Crippen LogP contribution < -0.4 is 0 Å². The molecule has 0 amide bonds. The minimum absolute atomic E-state index is 0.0306. The number of aliphatic hydroxyl groups is 1. The van der Waals surface area contributed by atoms with Gasteiger partial charge in [0.15, 0.2) is 0 Å². The number of hydrogen-bond acceptors (Lipinski definition) is 4. The van der Waals surface area contributed by atoms with E-state index in [2.05, 4.69) is 32.7 Å². The highest BCUT2D eigenvalue weighted by Crippen LogP contribution is 2.10. The smallest absolute Gasteiger partial charge is 0.0900 e. The largest absolute Gasteiger partial charge is 0.389 e. The normalized spacial score (nSPS) is 17.2. The first kappa shape index (κ1) is 17.8. The van der Waals surface area contributed by atoms with Crippen LogP contribution in [0.3, 0.4) is 0 Å². The predicted molar refractivity (Wildman–Crippen MR) is 74.8 cm³/mol. The van der Waals surface area contributed by atoms with Crippen LogP contribution in [-0.2, 0) is 9.47 Å². The van der Waals surface area contributed by atoms with E-state index in [0.29, 0.717) is 31.7 Å². The Kier molecular flexibility index (Phi) is 9.64. The molecule has 0 aliphatic heterocycles. The molecule has 110 valence electrons. The second-order valence-corrected chi connectivity index (χ2v) is 5.67. The van der Waals surface area contributed by atoms with Gasteiger partial charge in [-0.05, 0) is 33.2 Å². The summed E-state index contributed by atoms with van der Waals surface area (Å²) in [7, 11) is 3.70. The summed E-state index contributed by atoms with van der Waals surface area (Å²) in [5.74, 6) is 0.678. The molecule has 4 nitrogen and oxygen atoms in total. The number of ether oxygens (including phenoxy) is 2. The average Bonchev–Trinajstić information content (AvgIpc) is 2.25. The number of methoxy groups -OCH3 is 1. The molecular formula is C14H31NO3. The molecule has 0 bridgehead atoms. The molecule has 3 unspecified atom stereocenters. The van der Waals surface area contributed by atoms with Crippen molar-refractivity contribution in [3.05, 3.63) is 0 Å². The van der Waals surface area contributed by atoms with Crippen LogP contribution in [0.15, 0.2) is 0 Å². The fraction of sp³-hybridized carbons (Fsp3) is 1.00. The topological polar surface area (TPSA) is 41.9 Å². The molecule has 0 spiro atoms. The third-order valence-corrected chi connectivity index (χ3v) is 3.04. The van der Waals surface area contributed by atoms with Crippen LogP contribution in [0.25, 0.3) is 0 Å². The number of nitrogens with zero attached hydrogens (tertiary/aromatic N) is 1. The second-order valence-electron chi connectivity index (χ2n) is 5.67. The zero-order valence-electron chi connectivity index (χ0n) is 12.8. The Hall–Kier alpha value is -0.160. The Labute approximate surface area is 112 Å². The summed E-state index contributed by atoms with van der Waals surface area (Å²) in [4.78, 5) is 2.19. The van der Waals surface area contributed by atoms with Crippen molar-refractivity contribution in [2.75, 3.05) is 33.9 Å². The predicted octanol–water partition coefficient (Wildman–Crippen LogP) is 1.77. The van der Waals surface area contributed by atoms with E-state index in [0.717, 1.165) is 6.42 Å². The summed E-state index contributed by atoms with van der Waals surface area (Å²) in [6, 6.07) is 0.482. The Morgan fingerprint density at radius 3 is 2.22 bits per heavy atom. The van der Waals surface area contributed by atoms with Crippen LogP contribution in [0, 0.1) is 5.92 Å². The van der Waals surface area contributed by atoms with Crippen LogP contribution >= 0.6 is 0 Å². The molecule has 0 aromatic rings. The third-order valence-electron chi connectivity index (χ3n) is 3.04. The summed E-state index contributed by atoms with van der Waals surface area (Å²) < 4.78 is 10.5. The number of rotatable bonds is 10. The lowest BCUT2D eigenvalue weighted by Crippen LogP contribution is -2.39. The van der Waals surface area contributed by atoms with Gasteiger partial charge in [0.25, 0.3) is 0 Å². The fourth-order valence-electron chi connectivity index (χ4n) is 1.99. The lowest BCUT2D eigenvalue weighted by atomic mass is 10.0. The Morgan fingerprint density at radius 2 is 1.72 bits per heavy atom. The average molecular weight is 261 g/mol. The zero-order chi connectivity index (χ0) is 14.1. The fourth-order valence-corrected chi connectivity index (χ4v) is 1.99. The van der Waals surface area contributed by atoms with Gasteiger partial charge in [0.05, 0.1) is 25.4 Å². The molecule has 1 N–H and O–H groups in total. The van der Waals surface area contributed by atoms with Crippen molar-refractivity contribution in [3.63, 3.8) is 0 Å². The summed E-state index contributed by atoms with van der Waals surface area (Å²) in [5, 5.41) is 9.91. The maximum Gasteiger partial charge on any atom is 0.0900 e. The van der Waals surface area contributed by atoms with Gasteiger partial charge in [0.2, 0.25) is 0 Å². The first-order valence-corrected chi connectivity index (χ1v) is 6.85. The molecule has 4 heteroatoms. The van der Waals surface area contributed by atoms with Crippen molar-refractivity contribution in [2.45, 2.75) is 52.4 Å². The van der Waals surface area contributed by atoms with Crippen LogP contribution in [-0.4, -0.2) is 62.2 Å². The first-order chi connectivity index (χ1) is 8.36. The van der Waals surface area contributed by atoms with E-state index >= 15 is 0 Å². The SMILES string of the molecule is COCC(C)OCC(O)CN(C)C(C)CC(C)C. The van der Waals surface area contributed by atoms with E-state index in [9.17, 15) is 5.11 Å². The quantitative estimate of drug-likeness (QED) is 0.651. The van der Waals surface area contributed by atoms with Crippen LogP contribution in [0.5, 0.6) is 0 Å². The maximum absolute atomic E-state index is 9.91. The van der Waals surface area contributed by atoms with Crippen LogP contribution in [0.2, 0.25) is 0 Å². The van der Waals surface area contributed by atoms with Crippen LogP contribution in [0.1, 0.15) is 34.1 Å². The molecule has 18 heavy (non-hydrogen) atoms. The van der Waals surface area contributed by atoms with Gasteiger partial charge in [-0.15, -0.1) is 0 Å². The molecule has 0 aromatic heterocycles. The monoisotopic (exact) mass is 261 g/mol. The van der Waals surface area contributed by atoms with Crippen LogP contribution in [0.4, 0.5) is 0 Å². The van der Waals surface area contributed by atoms with Gasteiger partial charge >= 0.3 is 0 Å². The minimum Gasteiger partial charge on any atom is -0.389 e. The lowest BCUT2D eigenvalue weighted by molar-refractivity contribution is -0.0406. The maximum atomic E-state index is 9.91. The summed E-state index contributed by atoms with van der Waals surface area (Å²) in [6.45, 7) is 10.2. The Morgan fingerprint density at radius 1 is 1.11 bits per heavy atom. The first-order valence-electron chi connectivity index (χ1n) is 6.85. The van der Waals surface area contributed by atoms with Gasteiger partial charge in [0.1, 0.15) is 0 Å². The number of aliphatic hydroxyl groups excluding tert-OH is 1. The van der Waals surface area contributed by atoms with Gasteiger partial charge in [-0.25, -0.2) is 0 Å². The molecule has 0 heterocycles. The molecule has 0 aliphatic carbocycles. The molecule has 0 radical (unpaired) electrons. The number of likely N-dealkylation sites (N-methyl/N-ethyl adjacent to an activating group) is 1. The van der Waals surface area contributed by atoms with Gasteiger partial charge < -0.3 is 19.5 Å². The molecule has 0 aromatic carbocycles. The van der Waals surface area contributed by atoms with E-state index in [-0.39, 0.29) is 6.10 Å². The Bertz CT molecular complexity index is 199. The van der Waals surface area contributed by atoms with E-state index in [1.54, 1.807) is 7.11 Å². The standard InChI is InChI=1S/C14H31NO3/c1-11(2)7-12(3)15(5)8-14(16)10-18-13(4)9-17-6/h11-14,16H,7-10H2,1-6H3. The number of hydrogen-bond donors (Lipinski definition) is 1. The molecule has 0 aliphatic rings. The Balaban J connectivity index is 3.82. The van der Waals surface area contributed by atoms with Gasteiger partial charge in [-0.3, -0.25) is 0 Å². The molecule has 3 atom stereocenters.